The summed E-state index contributed by atoms with van der Waals surface area (Å²) < 4.78 is 39.3. The van der Waals surface area contributed by atoms with Gasteiger partial charge in [0, 0.05) is 17.8 Å². The predicted molar refractivity (Wildman–Crippen MR) is 87.9 cm³/mol. The highest BCUT2D eigenvalue weighted by Gasteiger charge is 2.22. The van der Waals surface area contributed by atoms with E-state index in [1.807, 2.05) is 0 Å². The highest BCUT2D eigenvalue weighted by atomic mass is 32.2. The summed E-state index contributed by atoms with van der Waals surface area (Å²) in [6, 6.07) is 8.20. The van der Waals surface area contributed by atoms with Crippen LogP contribution in [0.2, 0.25) is 0 Å². The van der Waals surface area contributed by atoms with Gasteiger partial charge in [0.25, 0.3) is 5.69 Å². The Morgan fingerprint density at radius 3 is 2.44 bits per heavy atom. The molecule has 2 aromatic rings. The van der Waals surface area contributed by atoms with Crippen molar-refractivity contribution in [1.29, 1.82) is 0 Å². The Hall–Kier alpha value is -2.85. The van der Waals surface area contributed by atoms with Gasteiger partial charge in [-0.3, -0.25) is 14.9 Å². The number of amides is 1. The van der Waals surface area contributed by atoms with Crippen molar-refractivity contribution in [2.75, 3.05) is 5.32 Å². The number of hydrogen-bond acceptors (Lipinski definition) is 5. The van der Waals surface area contributed by atoms with E-state index in [0.717, 1.165) is 30.3 Å². The fourth-order valence-corrected chi connectivity index (χ4v) is 3.12. The highest BCUT2D eigenvalue weighted by molar-refractivity contribution is 7.89. The number of halogens is 1. The van der Waals surface area contributed by atoms with Gasteiger partial charge in [0.05, 0.1) is 15.9 Å². The molecule has 0 heterocycles. The third kappa shape index (κ3) is 4.81. The van der Waals surface area contributed by atoms with Crippen molar-refractivity contribution in [3.05, 3.63) is 64.5 Å². The van der Waals surface area contributed by atoms with Crippen LogP contribution in [0.25, 0.3) is 0 Å². The van der Waals surface area contributed by atoms with Crippen LogP contribution < -0.4 is 10.0 Å². The van der Waals surface area contributed by atoms with Crippen molar-refractivity contribution >= 4 is 27.3 Å². The lowest BCUT2D eigenvalue weighted by Gasteiger charge is -2.14. The van der Waals surface area contributed by atoms with Crippen molar-refractivity contribution in [1.82, 2.24) is 4.72 Å². The molecular weight excluding hydrogens is 353 g/mol. The van der Waals surface area contributed by atoms with Crippen LogP contribution in [0, 0.1) is 15.9 Å². The normalized spacial score (nSPS) is 12.4. The third-order valence-corrected chi connectivity index (χ3v) is 4.73. The molecule has 1 atom stereocenters. The lowest BCUT2D eigenvalue weighted by atomic mass is 10.2. The number of non-ortho nitro benzene ring substituents is 1. The largest absolute Gasteiger partial charge is 0.324 e. The molecule has 0 spiro atoms. The van der Waals surface area contributed by atoms with E-state index in [-0.39, 0.29) is 16.3 Å². The van der Waals surface area contributed by atoms with E-state index < -0.39 is 32.7 Å². The lowest BCUT2D eigenvalue weighted by Crippen LogP contribution is -2.41. The Kier molecular flexibility index (Phi) is 5.45. The van der Waals surface area contributed by atoms with Gasteiger partial charge in [-0.05, 0) is 37.3 Å². The van der Waals surface area contributed by atoms with E-state index >= 15 is 0 Å². The SMILES string of the molecule is C[C@H](NS(=O)(=O)c1ccc(F)cc1)C(=O)Nc1cccc([N+](=O)[O-])c1. The summed E-state index contributed by atoms with van der Waals surface area (Å²) in [7, 11) is -4.02. The molecule has 0 bridgehead atoms. The number of benzene rings is 2. The second-order valence-corrected chi connectivity index (χ2v) is 6.81. The fraction of sp³-hybridized carbons (Fsp3) is 0.133. The van der Waals surface area contributed by atoms with E-state index in [0.29, 0.717) is 0 Å². The summed E-state index contributed by atoms with van der Waals surface area (Å²) in [5.74, 6) is -1.29. The van der Waals surface area contributed by atoms with E-state index in [9.17, 15) is 27.7 Å². The molecule has 0 unspecified atom stereocenters. The van der Waals surface area contributed by atoms with Gasteiger partial charge < -0.3 is 5.32 Å². The third-order valence-electron chi connectivity index (χ3n) is 3.17. The number of nitrogens with zero attached hydrogens (tertiary/aromatic N) is 1. The van der Waals surface area contributed by atoms with Crippen LogP contribution in [0.3, 0.4) is 0 Å². The maximum Gasteiger partial charge on any atom is 0.271 e. The first-order valence-corrected chi connectivity index (χ1v) is 8.50. The molecular formula is C15H14FN3O5S. The van der Waals surface area contributed by atoms with Crippen molar-refractivity contribution in [3.8, 4) is 0 Å². The monoisotopic (exact) mass is 367 g/mol. The molecule has 10 heteroatoms. The van der Waals surface area contributed by atoms with Crippen molar-refractivity contribution in [2.45, 2.75) is 17.9 Å². The quantitative estimate of drug-likeness (QED) is 0.598. The van der Waals surface area contributed by atoms with Crippen LogP contribution in [-0.2, 0) is 14.8 Å². The van der Waals surface area contributed by atoms with E-state index in [4.69, 9.17) is 0 Å². The topological polar surface area (TPSA) is 118 Å². The Balaban J connectivity index is 2.08. The number of nitro benzene ring substituents is 1. The van der Waals surface area contributed by atoms with E-state index in [1.54, 1.807) is 0 Å². The molecule has 0 aliphatic heterocycles. The first-order valence-electron chi connectivity index (χ1n) is 7.02. The number of anilines is 1. The Bertz CT molecular complexity index is 900. The molecule has 2 rings (SSSR count). The zero-order valence-electron chi connectivity index (χ0n) is 13.0. The molecule has 8 nitrogen and oxygen atoms in total. The van der Waals surface area contributed by atoms with Gasteiger partial charge in [-0.2, -0.15) is 4.72 Å². The van der Waals surface area contributed by atoms with Gasteiger partial charge >= 0.3 is 0 Å². The number of carbonyl (C=O) groups is 1. The van der Waals surface area contributed by atoms with Gasteiger partial charge in [-0.1, -0.05) is 6.07 Å². The maximum atomic E-state index is 12.9. The van der Waals surface area contributed by atoms with Crippen LogP contribution in [-0.4, -0.2) is 25.3 Å². The first-order chi connectivity index (χ1) is 11.7. The van der Waals surface area contributed by atoms with Crippen molar-refractivity contribution in [2.24, 2.45) is 0 Å². The molecule has 0 saturated heterocycles. The standard InChI is InChI=1S/C15H14FN3O5S/c1-10(18-25(23,24)14-7-5-11(16)6-8-14)15(20)17-12-3-2-4-13(9-12)19(21)22/h2-10,18H,1H3,(H,17,20)/t10-/m0/s1. The second kappa shape index (κ2) is 7.36. The molecule has 132 valence electrons. The van der Waals surface area contributed by atoms with E-state index in [2.05, 4.69) is 10.0 Å². The van der Waals surface area contributed by atoms with Gasteiger partial charge in [0.1, 0.15) is 5.82 Å². The Morgan fingerprint density at radius 1 is 1.20 bits per heavy atom. The smallest absolute Gasteiger partial charge is 0.271 e. The average Bonchev–Trinajstić information content (AvgIpc) is 2.55. The zero-order chi connectivity index (χ0) is 18.6. The molecule has 2 aromatic carbocycles. The molecule has 0 radical (unpaired) electrons. The number of rotatable bonds is 6. The summed E-state index contributed by atoms with van der Waals surface area (Å²) in [5.41, 5.74) is -0.0515. The molecule has 0 fully saturated rings. The summed E-state index contributed by atoms with van der Waals surface area (Å²) in [6.45, 7) is 1.31. The minimum Gasteiger partial charge on any atom is -0.324 e. The van der Waals surface area contributed by atoms with Crippen LogP contribution >= 0.6 is 0 Å². The van der Waals surface area contributed by atoms with Crippen molar-refractivity contribution < 1.29 is 22.5 Å². The average molecular weight is 367 g/mol. The summed E-state index contributed by atoms with van der Waals surface area (Å²) >= 11 is 0. The minimum atomic E-state index is -4.02. The van der Waals surface area contributed by atoms with Crippen LogP contribution in [0.5, 0.6) is 0 Å². The number of nitrogens with one attached hydrogen (secondary N) is 2. The molecule has 1 amide bonds. The fourth-order valence-electron chi connectivity index (χ4n) is 1.92. The van der Waals surface area contributed by atoms with Crippen LogP contribution in [0.15, 0.2) is 53.4 Å². The maximum absolute atomic E-state index is 12.9. The number of sulfonamides is 1. The minimum absolute atomic E-state index is 0.159. The molecule has 2 N–H and O–H groups in total. The van der Waals surface area contributed by atoms with E-state index in [1.165, 1.54) is 25.1 Å². The Morgan fingerprint density at radius 2 is 1.84 bits per heavy atom. The number of nitro groups is 1. The number of carbonyl (C=O) groups excluding carboxylic acids is 1. The van der Waals surface area contributed by atoms with Crippen molar-refractivity contribution in [3.63, 3.8) is 0 Å². The summed E-state index contributed by atoms with van der Waals surface area (Å²) in [5, 5.41) is 13.1. The molecule has 0 aliphatic rings. The predicted octanol–water partition coefficient (Wildman–Crippen LogP) is 2.04. The van der Waals surface area contributed by atoms with Crippen LogP contribution in [0.1, 0.15) is 6.92 Å². The summed E-state index contributed by atoms with van der Waals surface area (Å²) in [6.07, 6.45) is 0. The molecule has 0 aromatic heterocycles. The summed E-state index contributed by atoms with van der Waals surface area (Å²) in [4.78, 5) is 22.0. The van der Waals surface area contributed by atoms with Gasteiger partial charge in [-0.25, -0.2) is 12.8 Å². The Labute approximate surface area is 142 Å². The number of hydrogen-bond donors (Lipinski definition) is 2. The molecule has 0 aliphatic carbocycles. The van der Waals surface area contributed by atoms with Gasteiger partial charge in [0.15, 0.2) is 0 Å². The van der Waals surface area contributed by atoms with Gasteiger partial charge in [0.2, 0.25) is 15.9 Å². The second-order valence-electron chi connectivity index (χ2n) is 5.09. The lowest BCUT2D eigenvalue weighted by molar-refractivity contribution is -0.384. The highest BCUT2D eigenvalue weighted by Crippen LogP contribution is 2.17. The molecule has 25 heavy (non-hydrogen) atoms. The van der Waals surface area contributed by atoms with Gasteiger partial charge in [-0.15, -0.1) is 0 Å². The molecule has 0 saturated carbocycles. The first kappa shape index (κ1) is 18.5. The zero-order valence-corrected chi connectivity index (χ0v) is 13.8. The van der Waals surface area contributed by atoms with Crippen LogP contribution in [0.4, 0.5) is 15.8 Å².